The van der Waals surface area contributed by atoms with Crippen LogP contribution < -0.4 is 11.1 Å². The molecule has 0 bridgehead atoms. The molecule has 20 heavy (non-hydrogen) atoms. The summed E-state index contributed by atoms with van der Waals surface area (Å²) in [5.74, 6) is -1.29. The molecule has 5 nitrogen and oxygen atoms in total. The molecule has 0 aliphatic carbocycles. The van der Waals surface area contributed by atoms with Crippen LogP contribution in [-0.4, -0.2) is 23.0 Å². The molecule has 1 atom stereocenters. The van der Waals surface area contributed by atoms with Crippen LogP contribution in [0.4, 0.5) is 5.69 Å². The van der Waals surface area contributed by atoms with Crippen molar-refractivity contribution in [1.82, 2.24) is 5.32 Å². The number of carbonyl (C=O) groups is 2. The molecule has 0 fully saturated rings. The molecule has 0 radical (unpaired) electrons. The van der Waals surface area contributed by atoms with Crippen LogP contribution in [0, 0.1) is 5.41 Å². The van der Waals surface area contributed by atoms with Gasteiger partial charge in [0, 0.05) is 12.1 Å². The van der Waals surface area contributed by atoms with Crippen molar-refractivity contribution in [1.29, 1.82) is 0 Å². The van der Waals surface area contributed by atoms with Gasteiger partial charge in [0.2, 0.25) is 5.91 Å². The molecule has 1 unspecified atom stereocenters. The molecule has 5 heteroatoms. The Hall–Kier alpha value is -2.04. The van der Waals surface area contributed by atoms with E-state index in [1.165, 1.54) is 0 Å². The van der Waals surface area contributed by atoms with E-state index in [-0.39, 0.29) is 12.3 Å². The lowest BCUT2D eigenvalue weighted by atomic mass is 9.86. The van der Waals surface area contributed by atoms with Gasteiger partial charge < -0.3 is 16.2 Å². The maximum absolute atomic E-state index is 11.9. The van der Waals surface area contributed by atoms with Gasteiger partial charge in [-0.25, -0.2) is 4.79 Å². The van der Waals surface area contributed by atoms with Gasteiger partial charge in [-0.3, -0.25) is 4.79 Å². The van der Waals surface area contributed by atoms with E-state index in [0.717, 1.165) is 5.56 Å². The zero-order valence-corrected chi connectivity index (χ0v) is 12.1. The van der Waals surface area contributed by atoms with Crippen LogP contribution in [0.2, 0.25) is 0 Å². The summed E-state index contributed by atoms with van der Waals surface area (Å²) in [6, 6.07) is 6.42. The maximum Gasteiger partial charge on any atom is 0.326 e. The zero-order chi connectivity index (χ0) is 15.3. The van der Waals surface area contributed by atoms with E-state index in [1.54, 1.807) is 26.8 Å². The molecular formula is C15H22N2O3. The number of aryl methyl sites for hydroxylation is 1. The summed E-state index contributed by atoms with van der Waals surface area (Å²) in [5, 5.41) is 11.7. The molecule has 0 saturated carbocycles. The Labute approximate surface area is 119 Å². The first-order chi connectivity index (χ1) is 9.20. The van der Waals surface area contributed by atoms with Crippen LogP contribution in [0.15, 0.2) is 24.3 Å². The molecule has 1 aromatic carbocycles. The fourth-order valence-electron chi connectivity index (χ4n) is 1.89. The van der Waals surface area contributed by atoms with E-state index < -0.39 is 17.4 Å². The summed E-state index contributed by atoms with van der Waals surface area (Å²) in [4.78, 5) is 23.0. The molecule has 1 rings (SSSR count). The fourth-order valence-corrected chi connectivity index (χ4v) is 1.89. The minimum atomic E-state index is -1.02. The van der Waals surface area contributed by atoms with Gasteiger partial charge in [-0.1, -0.05) is 32.9 Å². The number of benzene rings is 1. The highest BCUT2D eigenvalue weighted by atomic mass is 16.4. The van der Waals surface area contributed by atoms with Crippen LogP contribution >= 0.6 is 0 Å². The standard InChI is InChI=1S/C15H22N2O3/c1-15(2,3)13(14(19)20)17-12(18)8-7-10-5-4-6-11(16)9-10/h4-6,9,13H,7-8,16H2,1-3H3,(H,17,18)(H,19,20). The predicted octanol–water partition coefficient (Wildman–Crippen LogP) is 1.82. The van der Waals surface area contributed by atoms with Crippen molar-refractivity contribution in [3.05, 3.63) is 29.8 Å². The quantitative estimate of drug-likeness (QED) is 0.716. The number of hydrogen-bond donors (Lipinski definition) is 3. The number of carboxylic acids is 1. The summed E-state index contributed by atoms with van der Waals surface area (Å²) in [6.07, 6.45) is 0.774. The van der Waals surface area contributed by atoms with Gasteiger partial charge in [0.25, 0.3) is 0 Å². The minimum Gasteiger partial charge on any atom is -0.480 e. The van der Waals surface area contributed by atoms with Gasteiger partial charge in [-0.05, 0) is 29.5 Å². The van der Waals surface area contributed by atoms with E-state index in [1.807, 2.05) is 18.2 Å². The van der Waals surface area contributed by atoms with Crippen molar-refractivity contribution in [2.24, 2.45) is 5.41 Å². The number of nitrogens with two attached hydrogens (primary N) is 1. The van der Waals surface area contributed by atoms with Crippen LogP contribution in [-0.2, 0) is 16.0 Å². The average molecular weight is 278 g/mol. The number of carbonyl (C=O) groups excluding carboxylic acids is 1. The first kappa shape index (κ1) is 16.0. The number of carboxylic acid groups (broad SMARTS) is 1. The van der Waals surface area contributed by atoms with Crippen LogP contribution in [0.25, 0.3) is 0 Å². The topological polar surface area (TPSA) is 92.4 Å². The normalized spacial score (nSPS) is 12.8. The van der Waals surface area contributed by atoms with Crippen LogP contribution in [0.5, 0.6) is 0 Å². The van der Waals surface area contributed by atoms with E-state index in [2.05, 4.69) is 5.32 Å². The Morgan fingerprint density at radius 1 is 1.35 bits per heavy atom. The number of aliphatic carboxylic acids is 1. The number of anilines is 1. The largest absolute Gasteiger partial charge is 0.480 e. The second-order valence-corrected chi connectivity index (χ2v) is 5.95. The third-order valence-corrected chi connectivity index (χ3v) is 3.01. The zero-order valence-electron chi connectivity index (χ0n) is 12.1. The van der Waals surface area contributed by atoms with E-state index in [9.17, 15) is 9.59 Å². The monoisotopic (exact) mass is 278 g/mol. The predicted molar refractivity (Wildman–Crippen MR) is 78.2 cm³/mol. The highest BCUT2D eigenvalue weighted by Gasteiger charge is 2.32. The van der Waals surface area contributed by atoms with Crippen molar-refractivity contribution in [3.8, 4) is 0 Å². The van der Waals surface area contributed by atoms with Gasteiger partial charge >= 0.3 is 5.97 Å². The van der Waals surface area contributed by atoms with Crippen molar-refractivity contribution in [2.45, 2.75) is 39.7 Å². The first-order valence-electron chi connectivity index (χ1n) is 6.57. The molecule has 0 spiro atoms. The highest BCUT2D eigenvalue weighted by Crippen LogP contribution is 2.19. The molecule has 4 N–H and O–H groups in total. The summed E-state index contributed by atoms with van der Waals surface area (Å²) in [5.41, 5.74) is 6.75. The average Bonchev–Trinajstić information content (AvgIpc) is 2.31. The second-order valence-electron chi connectivity index (χ2n) is 5.95. The maximum atomic E-state index is 11.9. The Morgan fingerprint density at radius 3 is 2.50 bits per heavy atom. The molecule has 110 valence electrons. The van der Waals surface area contributed by atoms with Crippen molar-refractivity contribution >= 4 is 17.6 Å². The van der Waals surface area contributed by atoms with Crippen LogP contribution in [0.3, 0.4) is 0 Å². The van der Waals surface area contributed by atoms with Gasteiger partial charge in [0.1, 0.15) is 6.04 Å². The third kappa shape index (κ3) is 4.91. The molecule has 1 amide bonds. The smallest absolute Gasteiger partial charge is 0.326 e. The lowest BCUT2D eigenvalue weighted by molar-refractivity contribution is -0.144. The van der Waals surface area contributed by atoms with Crippen molar-refractivity contribution in [3.63, 3.8) is 0 Å². The molecule has 1 aromatic rings. The van der Waals surface area contributed by atoms with E-state index in [0.29, 0.717) is 12.1 Å². The Morgan fingerprint density at radius 2 is 2.00 bits per heavy atom. The lowest BCUT2D eigenvalue weighted by Crippen LogP contribution is -2.49. The number of amides is 1. The van der Waals surface area contributed by atoms with Crippen LogP contribution in [0.1, 0.15) is 32.8 Å². The van der Waals surface area contributed by atoms with Gasteiger partial charge in [0.15, 0.2) is 0 Å². The van der Waals surface area contributed by atoms with Gasteiger partial charge in [0.05, 0.1) is 0 Å². The lowest BCUT2D eigenvalue weighted by Gasteiger charge is -2.27. The number of nitrogens with one attached hydrogen (secondary N) is 1. The Kier molecular flexibility index (Phi) is 5.13. The fraction of sp³-hybridized carbons (Fsp3) is 0.467. The summed E-state index contributed by atoms with van der Waals surface area (Å²) >= 11 is 0. The number of rotatable bonds is 5. The van der Waals surface area contributed by atoms with Crippen molar-refractivity contribution < 1.29 is 14.7 Å². The Balaban J connectivity index is 2.57. The second kappa shape index (κ2) is 6.41. The molecule has 0 aliphatic heterocycles. The van der Waals surface area contributed by atoms with E-state index in [4.69, 9.17) is 10.8 Å². The van der Waals surface area contributed by atoms with Gasteiger partial charge in [-0.2, -0.15) is 0 Å². The molecule has 0 saturated heterocycles. The molecular weight excluding hydrogens is 256 g/mol. The summed E-state index contributed by atoms with van der Waals surface area (Å²) in [6.45, 7) is 5.35. The molecule has 0 heterocycles. The number of nitrogen functional groups attached to an aromatic ring is 1. The number of hydrogen-bond acceptors (Lipinski definition) is 3. The van der Waals surface area contributed by atoms with E-state index >= 15 is 0 Å². The minimum absolute atomic E-state index is 0.239. The van der Waals surface area contributed by atoms with Crippen molar-refractivity contribution in [2.75, 3.05) is 5.73 Å². The molecule has 0 aromatic heterocycles. The summed E-state index contributed by atoms with van der Waals surface area (Å²) < 4.78 is 0. The third-order valence-electron chi connectivity index (χ3n) is 3.01. The van der Waals surface area contributed by atoms with Gasteiger partial charge in [-0.15, -0.1) is 0 Å². The molecule has 0 aliphatic rings. The summed E-state index contributed by atoms with van der Waals surface area (Å²) in [7, 11) is 0. The Bertz CT molecular complexity index is 492. The highest BCUT2D eigenvalue weighted by molar-refractivity contribution is 5.84. The SMILES string of the molecule is CC(C)(C)C(NC(=O)CCc1cccc(N)c1)C(=O)O. The first-order valence-corrected chi connectivity index (χ1v) is 6.57.